The Bertz CT molecular complexity index is 453. The van der Waals surface area contributed by atoms with E-state index in [4.69, 9.17) is 5.73 Å². The van der Waals surface area contributed by atoms with Crippen molar-refractivity contribution in [2.75, 3.05) is 18.8 Å². The standard InChI is InChI=1S/C12H21N5O2/c1-4-17-7-9(13)11(16-17)12(19)15-6-10(18)14-5-8(2)3/h7-8H,4-6,13H2,1-3H3,(H,14,18)(H,15,19). The van der Waals surface area contributed by atoms with Gasteiger partial charge in [0.25, 0.3) is 5.91 Å². The summed E-state index contributed by atoms with van der Waals surface area (Å²) < 4.78 is 1.57. The molecule has 0 fully saturated rings. The largest absolute Gasteiger partial charge is 0.396 e. The number of nitrogens with zero attached hydrogens (tertiary/aromatic N) is 2. The number of anilines is 1. The molecular formula is C12H21N5O2. The molecule has 0 unspecified atom stereocenters. The molecule has 1 aromatic rings. The molecule has 0 aliphatic carbocycles. The zero-order valence-electron chi connectivity index (χ0n) is 11.6. The van der Waals surface area contributed by atoms with Crippen LogP contribution >= 0.6 is 0 Å². The number of rotatable bonds is 6. The van der Waals surface area contributed by atoms with E-state index in [9.17, 15) is 9.59 Å². The van der Waals surface area contributed by atoms with E-state index in [0.717, 1.165) is 0 Å². The van der Waals surface area contributed by atoms with Crippen molar-refractivity contribution in [3.63, 3.8) is 0 Å². The minimum absolute atomic E-state index is 0.0794. The summed E-state index contributed by atoms with van der Waals surface area (Å²) in [6.45, 7) is 7.03. The lowest BCUT2D eigenvalue weighted by atomic mass is 10.2. The molecule has 19 heavy (non-hydrogen) atoms. The molecule has 7 heteroatoms. The highest BCUT2D eigenvalue weighted by Crippen LogP contribution is 2.08. The van der Waals surface area contributed by atoms with Crippen molar-refractivity contribution in [1.29, 1.82) is 0 Å². The van der Waals surface area contributed by atoms with Crippen LogP contribution in [0.5, 0.6) is 0 Å². The number of amides is 2. The van der Waals surface area contributed by atoms with E-state index in [1.54, 1.807) is 10.9 Å². The Balaban J connectivity index is 2.46. The van der Waals surface area contributed by atoms with Crippen LogP contribution in [0.3, 0.4) is 0 Å². The molecule has 0 radical (unpaired) electrons. The molecule has 2 amide bonds. The number of nitrogens with one attached hydrogen (secondary N) is 2. The minimum Gasteiger partial charge on any atom is -0.396 e. The van der Waals surface area contributed by atoms with Gasteiger partial charge >= 0.3 is 0 Å². The third kappa shape index (κ3) is 4.61. The Hall–Kier alpha value is -2.05. The number of nitrogens with two attached hydrogens (primary N) is 1. The van der Waals surface area contributed by atoms with E-state index < -0.39 is 5.91 Å². The van der Waals surface area contributed by atoms with Crippen LogP contribution in [-0.4, -0.2) is 34.7 Å². The maximum absolute atomic E-state index is 11.8. The zero-order valence-corrected chi connectivity index (χ0v) is 11.6. The molecule has 0 atom stereocenters. The molecule has 0 saturated heterocycles. The van der Waals surface area contributed by atoms with Gasteiger partial charge in [0.1, 0.15) is 0 Å². The number of hydrogen-bond acceptors (Lipinski definition) is 4. The topological polar surface area (TPSA) is 102 Å². The molecule has 0 aromatic carbocycles. The average Bonchev–Trinajstić information content (AvgIpc) is 2.74. The molecule has 0 spiro atoms. The number of aryl methyl sites for hydroxylation is 1. The Morgan fingerprint density at radius 1 is 1.42 bits per heavy atom. The summed E-state index contributed by atoms with van der Waals surface area (Å²) in [7, 11) is 0. The minimum atomic E-state index is -0.440. The molecule has 7 nitrogen and oxygen atoms in total. The molecule has 4 N–H and O–H groups in total. The van der Waals surface area contributed by atoms with Crippen LogP contribution in [0.25, 0.3) is 0 Å². The van der Waals surface area contributed by atoms with E-state index in [1.807, 2.05) is 20.8 Å². The van der Waals surface area contributed by atoms with Gasteiger partial charge in [-0.05, 0) is 12.8 Å². The van der Waals surface area contributed by atoms with E-state index in [-0.39, 0.29) is 18.1 Å². The van der Waals surface area contributed by atoms with Gasteiger partial charge in [0, 0.05) is 19.3 Å². The van der Waals surface area contributed by atoms with Crippen LogP contribution in [-0.2, 0) is 11.3 Å². The van der Waals surface area contributed by atoms with Crippen molar-refractivity contribution in [2.45, 2.75) is 27.3 Å². The monoisotopic (exact) mass is 267 g/mol. The van der Waals surface area contributed by atoms with Crippen LogP contribution in [0.2, 0.25) is 0 Å². The summed E-state index contributed by atoms with van der Waals surface area (Å²) in [6.07, 6.45) is 1.59. The summed E-state index contributed by atoms with van der Waals surface area (Å²) in [5.41, 5.74) is 6.14. The van der Waals surface area contributed by atoms with Gasteiger partial charge in [0.05, 0.1) is 12.2 Å². The summed E-state index contributed by atoms with van der Waals surface area (Å²) in [5, 5.41) is 9.23. The van der Waals surface area contributed by atoms with Gasteiger partial charge in [-0.1, -0.05) is 13.8 Å². The van der Waals surface area contributed by atoms with Gasteiger partial charge in [-0.25, -0.2) is 0 Å². The van der Waals surface area contributed by atoms with Gasteiger partial charge in [0.2, 0.25) is 5.91 Å². The molecule has 1 aromatic heterocycles. The predicted octanol–water partition coefficient (Wildman–Crippen LogP) is -0.0128. The third-order valence-electron chi connectivity index (χ3n) is 2.45. The second-order valence-electron chi connectivity index (χ2n) is 4.67. The molecule has 1 rings (SSSR count). The quantitative estimate of drug-likeness (QED) is 0.674. The van der Waals surface area contributed by atoms with E-state index in [2.05, 4.69) is 15.7 Å². The molecular weight excluding hydrogens is 246 g/mol. The molecule has 1 heterocycles. The fourth-order valence-corrected chi connectivity index (χ4v) is 1.40. The van der Waals surface area contributed by atoms with Gasteiger partial charge in [-0.15, -0.1) is 0 Å². The smallest absolute Gasteiger partial charge is 0.274 e. The molecule has 0 aliphatic heterocycles. The summed E-state index contributed by atoms with van der Waals surface area (Å²) in [6, 6.07) is 0. The first-order valence-electron chi connectivity index (χ1n) is 6.31. The van der Waals surface area contributed by atoms with Crippen molar-refractivity contribution < 1.29 is 9.59 Å². The Labute approximate surface area is 112 Å². The van der Waals surface area contributed by atoms with Crippen LogP contribution in [0.15, 0.2) is 6.20 Å². The summed E-state index contributed by atoms with van der Waals surface area (Å²) in [4.78, 5) is 23.2. The average molecular weight is 267 g/mol. The van der Waals surface area contributed by atoms with Crippen molar-refractivity contribution in [1.82, 2.24) is 20.4 Å². The highest BCUT2D eigenvalue weighted by Gasteiger charge is 2.15. The second kappa shape index (κ2) is 6.77. The van der Waals surface area contributed by atoms with Gasteiger partial charge in [0.15, 0.2) is 5.69 Å². The van der Waals surface area contributed by atoms with Crippen molar-refractivity contribution in [3.05, 3.63) is 11.9 Å². The van der Waals surface area contributed by atoms with Gasteiger partial charge in [-0.2, -0.15) is 5.10 Å². The fraction of sp³-hybridized carbons (Fsp3) is 0.583. The van der Waals surface area contributed by atoms with Crippen LogP contribution in [0, 0.1) is 5.92 Å². The number of carbonyl (C=O) groups is 2. The van der Waals surface area contributed by atoms with E-state index in [0.29, 0.717) is 24.7 Å². The van der Waals surface area contributed by atoms with Crippen LogP contribution in [0.1, 0.15) is 31.3 Å². The van der Waals surface area contributed by atoms with Crippen molar-refractivity contribution >= 4 is 17.5 Å². The lowest BCUT2D eigenvalue weighted by molar-refractivity contribution is -0.120. The van der Waals surface area contributed by atoms with Crippen LogP contribution < -0.4 is 16.4 Å². The van der Waals surface area contributed by atoms with E-state index >= 15 is 0 Å². The first kappa shape index (κ1) is 15.0. The first-order chi connectivity index (χ1) is 8.93. The van der Waals surface area contributed by atoms with Crippen molar-refractivity contribution in [2.24, 2.45) is 5.92 Å². The summed E-state index contributed by atoms with van der Waals surface area (Å²) >= 11 is 0. The summed E-state index contributed by atoms with van der Waals surface area (Å²) in [5.74, 6) is -0.296. The zero-order chi connectivity index (χ0) is 14.4. The lowest BCUT2D eigenvalue weighted by Crippen LogP contribution is -2.38. The number of carbonyl (C=O) groups excluding carboxylic acids is 2. The maximum Gasteiger partial charge on any atom is 0.274 e. The molecule has 106 valence electrons. The number of nitrogen functional groups attached to an aromatic ring is 1. The molecule has 0 saturated carbocycles. The van der Waals surface area contributed by atoms with E-state index in [1.165, 1.54) is 0 Å². The van der Waals surface area contributed by atoms with Gasteiger partial charge < -0.3 is 16.4 Å². The predicted molar refractivity (Wildman–Crippen MR) is 72.5 cm³/mol. The molecule has 0 aliphatic rings. The third-order valence-corrected chi connectivity index (χ3v) is 2.45. The Morgan fingerprint density at radius 3 is 2.63 bits per heavy atom. The lowest BCUT2D eigenvalue weighted by Gasteiger charge is -2.08. The highest BCUT2D eigenvalue weighted by molar-refractivity contribution is 5.98. The van der Waals surface area contributed by atoms with Gasteiger partial charge in [-0.3, -0.25) is 14.3 Å². The number of aromatic nitrogens is 2. The Kier molecular flexibility index (Phi) is 5.35. The first-order valence-corrected chi connectivity index (χ1v) is 6.31. The van der Waals surface area contributed by atoms with Crippen LogP contribution in [0.4, 0.5) is 5.69 Å². The SMILES string of the molecule is CCn1cc(N)c(C(=O)NCC(=O)NCC(C)C)n1. The number of hydrogen-bond donors (Lipinski definition) is 3. The maximum atomic E-state index is 11.8. The highest BCUT2D eigenvalue weighted by atomic mass is 16.2. The normalized spacial score (nSPS) is 10.5. The molecule has 0 bridgehead atoms. The fourth-order valence-electron chi connectivity index (χ4n) is 1.40. The Morgan fingerprint density at radius 2 is 2.11 bits per heavy atom. The van der Waals surface area contributed by atoms with Crippen molar-refractivity contribution in [3.8, 4) is 0 Å². The second-order valence-corrected chi connectivity index (χ2v) is 4.67.